The summed E-state index contributed by atoms with van der Waals surface area (Å²) in [4.78, 5) is 8.77. The van der Waals surface area contributed by atoms with E-state index in [1.807, 2.05) is 24.3 Å². The van der Waals surface area contributed by atoms with E-state index in [1.165, 1.54) is 10.8 Å². The maximum absolute atomic E-state index is 4.39. The lowest BCUT2D eigenvalue weighted by atomic mass is 10.1. The molecule has 4 heteroatoms. The van der Waals surface area contributed by atoms with Crippen LogP contribution >= 0.6 is 31.9 Å². The molecule has 0 spiro atoms. The summed E-state index contributed by atoms with van der Waals surface area (Å²) < 4.78 is 1.54. The van der Waals surface area contributed by atoms with Crippen molar-refractivity contribution in [2.24, 2.45) is 0 Å². The summed E-state index contributed by atoms with van der Waals surface area (Å²) in [5.41, 5.74) is 1.01. The zero-order chi connectivity index (χ0) is 12.5. The molecule has 1 aromatic heterocycles. The molecule has 0 aliphatic carbocycles. The third-order valence-electron chi connectivity index (χ3n) is 2.67. The van der Waals surface area contributed by atoms with Crippen molar-refractivity contribution in [2.45, 2.75) is 0 Å². The number of benzene rings is 2. The van der Waals surface area contributed by atoms with E-state index in [0.29, 0.717) is 5.82 Å². The first-order valence-electron chi connectivity index (χ1n) is 5.42. The Hall–Kier alpha value is -1.26. The first kappa shape index (κ1) is 11.8. The van der Waals surface area contributed by atoms with Gasteiger partial charge in [-0.15, -0.1) is 0 Å². The second kappa shape index (κ2) is 4.78. The van der Waals surface area contributed by atoms with Crippen LogP contribution in [-0.2, 0) is 0 Å². The summed E-state index contributed by atoms with van der Waals surface area (Å²) in [5.74, 6) is 0.710. The molecule has 0 atom stereocenters. The zero-order valence-electron chi connectivity index (χ0n) is 9.27. The number of rotatable bonds is 1. The zero-order valence-corrected chi connectivity index (χ0v) is 12.4. The molecule has 1 heterocycles. The van der Waals surface area contributed by atoms with Crippen molar-refractivity contribution in [2.75, 3.05) is 0 Å². The van der Waals surface area contributed by atoms with E-state index >= 15 is 0 Å². The molecule has 0 unspecified atom stereocenters. The highest BCUT2D eigenvalue weighted by molar-refractivity contribution is 9.11. The fourth-order valence-electron chi connectivity index (χ4n) is 1.85. The highest BCUT2D eigenvalue weighted by Crippen LogP contribution is 2.24. The Kier molecular flexibility index (Phi) is 3.14. The smallest absolute Gasteiger partial charge is 0.161 e. The molecular weight excluding hydrogens is 356 g/mol. The predicted molar refractivity (Wildman–Crippen MR) is 80.4 cm³/mol. The first-order chi connectivity index (χ1) is 8.72. The van der Waals surface area contributed by atoms with Gasteiger partial charge in [0, 0.05) is 11.6 Å². The molecule has 88 valence electrons. The Balaban J connectivity index is 2.19. The number of halogens is 2. The van der Waals surface area contributed by atoms with Crippen molar-refractivity contribution < 1.29 is 0 Å². The van der Waals surface area contributed by atoms with Gasteiger partial charge in [-0.2, -0.15) is 0 Å². The molecule has 2 nitrogen and oxygen atoms in total. The molecule has 3 aromatic rings. The summed E-state index contributed by atoms with van der Waals surface area (Å²) in [5, 5.41) is 2.41. The number of hydrogen-bond acceptors (Lipinski definition) is 2. The number of nitrogens with zero attached hydrogens (tertiary/aromatic N) is 2. The largest absolute Gasteiger partial charge is 0.221 e. The van der Waals surface area contributed by atoms with Gasteiger partial charge in [-0.1, -0.05) is 36.4 Å². The average Bonchev–Trinajstić information content (AvgIpc) is 2.37. The lowest BCUT2D eigenvalue weighted by molar-refractivity contribution is 1.12. The van der Waals surface area contributed by atoms with Crippen molar-refractivity contribution in [3.63, 3.8) is 0 Å². The summed E-state index contributed by atoms with van der Waals surface area (Å²) in [6.45, 7) is 0. The molecule has 2 aromatic carbocycles. The van der Waals surface area contributed by atoms with Crippen LogP contribution in [0, 0.1) is 0 Å². The van der Waals surface area contributed by atoms with Crippen LogP contribution in [-0.4, -0.2) is 9.97 Å². The van der Waals surface area contributed by atoms with E-state index in [-0.39, 0.29) is 0 Å². The first-order valence-corrected chi connectivity index (χ1v) is 7.00. The summed E-state index contributed by atoms with van der Waals surface area (Å²) in [7, 11) is 0. The van der Waals surface area contributed by atoms with Crippen LogP contribution in [0.15, 0.2) is 57.7 Å². The van der Waals surface area contributed by atoms with E-state index in [2.05, 4.69) is 66.1 Å². The number of fused-ring (bicyclic) bond motifs is 1. The molecule has 3 rings (SSSR count). The van der Waals surface area contributed by atoms with Gasteiger partial charge in [0.2, 0.25) is 0 Å². The second-order valence-corrected chi connectivity index (χ2v) is 5.52. The summed E-state index contributed by atoms with van der Waals surface area (Å²) in [6, 6.07) is 16.3. The van der Waals surface area contributed by atoms with Gasteiger partial charge in [0.25, 0.3) is 0 Å². The minimum absolute atomic E-state index is 0.710. The van der Waals surface area contributed by atoms with Gasteiger partial charge < -0.3 is 0 Å². The molecule has 0 fully saturated rings. The molecule has 0 aliphatic rings. The summed E-state index contributed by atoms with van der Waals surface area (Å²) >= 11 is 6.76. The molecule has 0 saturated carbocycles. The Labute approximate surface area is 121 Å². The van der Waals surface area contributed by atoms with Gasteiger partial charge in [0.1, 0.15) is 9.21 Å². The van der Waals surface area contributed by atoms with Gasteiger partial charge >= 0.3 is 0 Å². The SMILES string of the molecule is Brc1cc(Br)nc(-c2ccc3ccccc3c2)n1. The standard InChI is InChI=1S/C14H8Br2N2/c15-12-8-13(16)18-14(17-12)11-6-5-9-3-1-2-4-10(9)7-11/h1-8H. The van der Waals surface area contributed by atoms with Crippen LogP contribution < -0.4 is 0 Å². The monoisotopic (exact) mass is 362 g/mol. The Morgan fingerprint density at radius 1 is 0.722 bits per heavy atom. The maximum Gasteiger partial charge on any atom is 0.161 e. The second-order valence-electron chi connectivity index (χ2n) is 3.90. The fourth-order valence-corrected chi connectivity index (χ4v) is 2.92. The van der Waals surface area contributed by atoms with Crippen molar-refractivity contribution in [3.8, 4) is 11.4 Å². The van der Waals surface area contributed by atoms with E-state index in [1.54, 1.807) is 0 Å². The Morgan fingerprint density at radius 3 is 2.11 bits per heavy atom. The van der Waals surface area contributed by atoms with E-state index in [0.717, 1.165) is 14.8 Å². The average molecular weight is 364 g/mol. The van der Waals surface area contributed by atoms with Crippen molar-refractivity contribution in [1.29, 1.82) is 0 Å². The minimum Gasteiger partial charge on any atom is -0.221 e. The summed E-state index contributed by atoms with van der Waals surface area (Å²) in [6.07, 6.45) is 0. The quantitative estimate of drug-likeness (QED) is 0.579. The van der Waals surface area contributed by atoms with Gasteiger partial charge in [0.05, 0.1) is 0 Å². The van der Waals surface area contributed by atoms with Crippen LogP contribution in [0.4, 0.5) is 0 Å². The van der Waals surface area contributed by atoms with Crippen LogP contribution in [0.3, 0.4) is 0 Å². The van der Waals surface area contributed by atoms with E-state index in [9.17, 15) is 0 Å². The molecule has 0 amide bonds. The van der Waals surface area contributed by atoms with Gasteiger partial charge in [0.15, 0.2) is 5.82 Å². The van der Waals surface area contributed by atoms with E-state index < -0.39 is 0 Å². The van der Waals surface area contributed by atoms with Gasteiger partial charge in [-0.3, -0.25) is 0 Å². The van der Waals surface area contributed by atoms with Crippen LogP contribution in [0.1, 0.15) is 0 Å². The van der Waals surface area contributed by atoms with Crippen LogP contribution in [0.5, 0.6) is 0 Å². The molecule has 0 aliphatic heterocycles. The third kappa shape index (κ3) is 2.31. The van der Waals surface area contributed by atoms with Crippen LogP contribution in [0.2, 0.25) is 0 Å². The highest BCUT2D eigenvalue weighted by atomic mass is 79.9. The third-order valence-corrected chi connectivity index (χ3v) is 3.48. The van der Waals surface area contributed by atoms with Crippen molar-refractivity contribution >= 4 is 42.6 Å². The van der Waals surface area contributed by atoms with Crippen molar-refractivity contribution in [3.05, 3.63) is 57.7 Å². The topological polar surface area (TPSA) is 25.8 Å². The van der Waals surface area contributed by atoms with Crippen LogP contribution in [0.25, 0.3) is 22.2 Å². The van der Waals surface area contributed by atoms with Gasteiger partial charge in [-0.25, -0.2) is 9.97 Å². The van der Waals surface area contributed by atoms with Gasteiger partial charge in [-0.05, 0) is 48.7 Å². The Morgan fingerprint density at radius 2 is 1.39 bits per heavy atom. The fraction of sp³-hybridized carbons (Fsp3) is 0. The lowest BCUT2D eigenvalue weighted by Gasteiger charge is -2.04. The molecular formula is C14H8Br2N2. The molecule has 0 saturated heterocycles. The van der Waals surface area contributed by atoms with Crippen molar-refractivity contribution in [1.82, 2.24) is 9.97 Å². The molecule has 0 N–H and O–H groups in total. The minimum atomic E-state index is 0.710. The number of aromatic nitrogens is 2. The maximum atomic E-state index is 4.39. The number of hydrogen-bond donors (Lipinski definition) is 0. The lowest BCUT2D eigenvalue weighted by Crippen LogP contribution is -1.90. The molecule has 0 bridgehead atoms. The normalized spacial score (nSPS) is 10.8. The Bertz CT molecular complexity index is 706. The molecule has 18 heavy (non-hydrogen) atoms. The van der Waals surface area contributed by atoms with E-state index in [4.69, 9.17) is 0 Å². The predicted octanol–water partition coefficient (Wildman–Crippen LogP) is 4.82. The molecule has 0 radical (unpaired) electrons. The highest BCUT2D eigenvalue weighted by Gasteiger charge is 2.05.